The molecule has 1 aromatic carbocycles. The van der Waals surface area contributed by atoms with Crippen molar-refractivity contribution in [1.29, 1.82) is 0 Å². The van der Waals surface area contributed by atoms with Gasteiger partial charge in [-0.05, 0) is 18.2 Å². The number of rotatable bonds is 1. The molecular formula is C9H7N3O2. The van der Waals surface area contributed by atoms with Crippen LogP contribution in [0.25, 0.3) is 10.9 Å². The Morgan fingerprint density at radius 1 is 1.29 bits per heavy atom. The number of hydrogen-bond acceptors (Lipinski definition) is 4. The van der Waals surface area contributed by atoms with E-state index in [1.807, 2.05) is 0 Å². The van der Waals surface area contributed by atoms with Crippen molar-refractivity contribution >= 4 is 22.4 Å². The molecule has 1 heterocycles. The average Bonchev–Trinajstić information content (AvgIpc) is 2.16. The fourth-order valence-corrected chi connectivity index (χ4v) is 1.24. The van der Waals surface area contributed by atoms with Gasteiger partial charge in [0.25, 0.3) is 5.69 Å². The van der Waals surface area contributed by atoms with Crippen molar-refractivity contribution in [3.63, 3.8) is 0 Å². The minimum absolute atomic E-state index is 0.0593. The van der Waals surface area contributed by atoms with Crippen LogP contribution >= 0.6 is 0 Å². The number of anilines is 1. The van der Waals surface area contributed by atoms with Gasteiger partial charge in [-0.2, -0.15) is 0 Å². The highest BCUT2D eigenvalue weighted by atomic mass is 16.6. The van der Waals surface area contributed by atoms with Crippen LogP contribution in [0.5, 0.6) is 0 Å². The molecule has 0 atom stereocenters. The summed E-state index contributed by atoms with van der Waals surface area (Å²) in [7, 11) is 0. The molecule has 0 unspecified atom stereocenters. The van der Waals surface area contributed by atoms with E-state index in [1.165, 1.54) is 12.1 Å². The monoisotopic (exact) mass is 189 g/mol. The number of nitro groups is 1. The largest absolute Gasteiger partial charge is 0.384 e. The van der Waals surface area contributed by atoms with E-state index < -0.39 is 4.92 Å². The van der Waals surface area contributed by atoms with Gasteiger partial charge in [-0.1, -0.05) is 0 Å². The Morgan fingerprint density at radius 2 is 2.07 bits per heavy atom. The second-order valence-electron chi connectivity index (χ2n) is 2.87. The standard InChI is InChI=1S/C9H7N3O2/c10-9-4-1-6-5-7(12(13)14)2-3-8(6)11-9/h1-5H,(H2,10,11). The molecule has 5 nitrogen and oxygen atoms in total. The van der Waals surface area contributed by atoms with Crippen molar-refractivity contribution in [1.82, 2.24) is 4.98 Å². The molecule has 0 aliphatic heterocycles. The quantitative estimate of drug-likeness (QED) is 0.547. The number of benzene rings is 1. The molecule has 0 aliphatic carbocycles. The average molecular weight is 189 g/mol. The van der Waals surface area contributed by atoms with Crippen LogP contribution in [0.15, 0.2) is 30.3 Å². The number of nitrogen functional groups attached to an aromatic ring is 1. The van der Waals surface area contributed by atoms with Crippen LogP contribution in [0.4, 0.5) is 11.5 Å². The van der Waals surface area contributed by atoms with E-state index in [-0.39, 0.29) is 5.69 Å². The van der Waals surface area contributed by atoms with Gasteiger partial charge < -0.3 is 5.73 Å². The summed E-state index contributed by atoms with van der Waals surface area (Å²) in [6, 6.07) is 7.80. The van der Waals surface area contributed by atoms with Gasteiger partial charge in [0.15, 0.2) is 0 Å². The molecule has 0 amide bonds. The van der Waals surface area contributed by atoms with E-state index >= 15 is 0 Å². The lowest BCUT2D eigenvalue weighted by Gasteiger charge is -1.97. The van der Waals surface area contributed by atoms with E-state index in [9.17, 15) is 10.1 Å². The van der Waals surface area contributed by atoms with E-state index in [0.29, 0.717) is 16.7 Å². The minimum Gasteiger partial charge on any atom is -0.384 e. The summed E-state index contributed by atoms with van der Waals surface area (Å²) in [6.45, 7) is 0. The number of nitro benzene ring substituents is 1. The molecule has 0 spiro atoms. The van der Waals surface area contributed by atoms with Crippen molar-refractivity contribution in [2.24, 2.45) is 0 Å². The zero-order valence-electron chi connectivity index (χ0n) is 7.18. The molecule has 0 aliphatic rings. The third kappa shape index (κ3) is 1.35. The molecule has 2 aromatic rings. The molecule has 0 saturated carbocycles. The molecule has 0 saturated heterocycles. The van der Waals surface area contributed by atoms with Gasteiger partial charge >= 0.3 is 0 Å². The lowest BCUT2D eigenvalue weighted by molar-refractivity contribution is -0.384. The lowest BCUT2D eigenvalue weighted by atomic mass is 10.2. The van der Waals surface area contributed by atoms with Crippen LogP contribution in [0.3, 0.4) is 0 Å². The van der Waals surface area contributed by atoms with Crippen LogP contribution in [-0.2, 0) is 0 Å². The first kappa shape index (κ1) is 8.43. The fraction of sp³-hybridized carbons (Fsp3) is 0. The third-order valence-electron chi connectivity index (χ3n) is 1.91. The highest BCUT2D eigenvalue weighted by Crippen LogP contribution is 2.19. The van der Waals surface area contributed by atoms with Crippen molar-refractivity contribution in [3.8, 4) is 0 Å². The molecule has 0 fully saturated rings. The van der Waals surface area contributed by atoms with Gasteiger partial charge in [0.05, 0.1) is 10.4 Å². The van der Waals surface area contributed by atoms with Crippen molar-refractivity contribution in [2.45, 2.75) is 0 Å². The molecule has 1 aromatic heterocycles. The predicted molar refractivity (Wildman–Crippen MR) is 52.8 cm³/mol. The Hall–Kier alpha value is -2.17. The lowest BCUT2D eigenvalue weighted by Crippen LogP contribution is -1.91. The second-order valence-corrected chi connectivity index (χ2v) is 2.87. The van der Waals surface area contributed by atoms with Crippen molar-refractivity contribution < 1.29 is 4.92 Å². The second kappa shape index (κ2) is 2.95. The topological polar surface area (TPSA) is 82.0 Å². The Kier molecular flexibility index (Phi) is 1.78. The zero-order valence-corrected chi connectivity index (χ0v) is 7.18. The maximum Gasteiger partial charge on any atom is 0.270 e. The first-order valence-electron chi connectivity index (χ1n) is 3.97. The molecule has 2 N–H and O–H groups in total. The van der Waals surface area contributed by atoms with E-state index in [0.717, 1.165) is 0 Å². The van der Waals surface area contributed by atoms with E-state index in [2.05, 4.69) is 4.98 Å². The Bertz CT molecular complexity index is 510. The third-order valence-corrected chi connectivity index (χ3v) is 1.91. The van der Waals surface area contributed by atoms with E-state index in [1.54, 1.807) is 18.2 Å². The Labute approximate surface area is 79.3 Å². The number of pyridine rings is 1. The van der Waals surface area contributed by atoms with E-state index in [4.69, 9.17) is 5.73 Å². The highest BCUT2D eigenvalue weighted by Gasteiger charge is 2.05. The van der Waals surface area contributed by atoms with Gasteiger partial charge in [0.2, 0.25) is 0 Å². The van der Waals surface area contributed by atoms with Crippen LogP contribution in [-0.4, -0.2) is 9.91 Å². The molecule has 0 bridgehead atoms. The molecule has 14 heavy (non-hydrogen) atoms. The van der Waals surface area contributed by atoms with Crippen LogP contribution in [0.2, 0.25) is 0 Å². The normalized spacial score (nSPS) is 10.3. The SMILES string of the molecule is Nc1ccc2cc([N+](=O)[O-])ccc2n1. The maximum atomic E-state index is 10.5. The summed E-state index contributed by atoms with van der Waals surface area (Å²) in [6.07, 6.45) is 0. The highest BCUT2D eigenvalue weighted by molar-refractivity contribution is 5.82. The van der Waals surface area contributed by atoms with Crippen LogP contribution in [0.1, 0.15) is 0 Å². The predicted octanol–water partition coefficient (Wildman–Crippen LogP) is 1.73. The van der Waals surface area contributed by atoms with Crippen LogP contribution < -0.4 is 5.73 Å². The molecule has 2 rings (SSSR count). The van der Waals surface area contributed by atoms with Gasteiger partial charge in [0, 0.05) is 17.5 Å². The van der Waals surface area contributed by atoms with Gasteiger partial charge in [-0.25, -0.2) is 4.98 Å². The van der Waals surface area contributed by atoms with Gasteiger partial charge in [-0.15, -0.1) is 0 Å². The number of hydrogen-bond donors (Lipinski definition) is 1. The van der Waals surface area contributed by atoms with Crippen molar-refractivity contribution in [2.75, 3.05) is 5.73 Å². The summed E-state index contributed by atoms with van der Waals surface area (Å²) in [5.74, 6) is 0.409. The summed E-state index contributed by atoms with van der Waals surface area (Å²) in [5.41, 5.74) is 6.20. The smallest absolute Gasteiger partial charge is 0.270 e. The molecule has 70 valence electrons. The molecule has 5 heteroatoms. The van der Waals surface area contributed by atoms with Gasteiger partial charge in [-0.3, -0.25) is 10.1 Å². The maximum absolute atomic E-state index is 10.5. The zero-order chi connectivity index (χ0) is 10.1. The fourth-order valence-electron chi connectivity index (χ4n) is 1.24. The molecular weight excluding hydrogens is 182 g/mol. The number of aromatic nitrogens is 1. The van der Waals surface area contributed by atoms with Crippen LogP contribution in [0, 0.1) is 10.1 Å². The summed E-state index contributed by atoms with van der Waals surface area (Å²) in [4.78, 5) is 14.1. The summed E-state index contributed by atoms with van der Waals surface area (Å²) in [5, 5.41) is 11.2. The Balaban J connectivity index is 2.67. The van der Waals surface area contributed by atoms with Crippen molar-refractivity contribution in [3.05, 3.63) is 40.4 Å². The minimum atomic E-state index is -0.435. The first-order chi connectivity index (χ1) is 6.66. The Morgan fingerprint density at radius 3 is 2.79 bits per heavy atom. The number of fused-ring (bicyclic) bond motifs is 1. The summed E-state index contributed by atoms with van der Waals surface area (Å²) >= 11 is 0. The number of non-ortho nitro benzene ring substituents is 1. The summed E-state index contributed by atoms with van der Waals surface area (Å²) < 4.78 is 0. The van der Waals surface area contributed by atoms with Gasteiger partial charge in [0.1, 0.15) is 5.82 Å². The first-order valence-corrected chi connectivity index (χ1v) is 3.97. The number of nitrogens with zero attached hydrogens (tertiary/aromatic N) is 2. The molecule has 0 radical (unpaired) electrons. The number of nitrogens with two attached hydrogens (primary N) is 1.